The number of imide groups is 1. The van der Waals surface area contributed by atoms with Crippen LogP contribution in [-0.2, 0) is 20.5 Å². The van der Waals surface area contributed by atoms with E-state index in [0.29, 0.717) is 12.8 Å². The number of nitrogens with one attached hydrogen (secondary N) is 1. The van der Waals surface area contributed by atoms with Gasteiger partial charge >= 0.3 is 0 Å². The average molecular weight is 326 g/mol. The van der Waals surface area contributed by atoms with Crippen LogP contribution >= 0.6 is 0 Å². The highest BCUT2D eigenvalue weighted by Crippen LogP contribution is 2.58. The monoisotopic (exact) mass is 326 g/mol. The quantitative estimate of drug-likeness (QED) is 0.805. The van der Waals surface area contributed by atoms with Gasteiger partial charge in [-0.3, -0.25) is 19.7 Å². The summed E-state index contributed by atoms with van der Waals surface area (Å²) in [5, 5.41) is 2.38. The molecule has 0 aromatic heterocycles. The highest BCUT2D eigenvalue weighted by molar-refractivity contribution is 6.06. The molecule has 0 bridgehead atoms. The fraction of sp³-hybridized carbons (Fsp3) is 0.526. The van der Waals surface area contributed by atoms with Gasteiger partial charge in [0.2, 0.25) is 11.8 Å². The molecule has 5 nitrogen and oxygen atoms in total. The topological polar surface area (TPSA) is 66.5 Å². The lowest BCUT2D eigenvalue weighted by molar-refractivity contribution is -0.137. The van der Waals surface area contributed by atoms with Crippen LogP contribution in [0.1, 0.15) is 67.9 Å². The Balaban J connectivity index is 1.75. The molecular weight excluding hydrogens is 304 g/mol. The van der Waals surface area contributed by atoms with Gasteiger partial charge in [-0.1, -0.05) is 32.9 Å². The Hall–Kier alpha value is -2.17. The Morgan fingerprint density at radius 1 is 1.17 bits per heavy atom. The minimum Gasteiger partial charge on any atom is -0.317 e. The number of piperidine rings is 1. The predicted octanol–water partition coefficient (Wildman–Crippen LogP) is 2.23. The van der Waals surface area contributed by atoms with E-state index in [1.165, 1.54) is 0 Å². The van der Waals surface area contributed by atoms with Crippen molar-refractivity contribution < 1.29 is 14.4 Å². The van der Waals surface area contributed by atoms with E-state index in [-0.39, 0.29) is 28.7 Å². The second kappa shape index (κ2) is 4.68. The SMILES string of the molecule is CC(C)(C)c1ccc2c(c1)C(=O)N(C1CCC(=O)NC1=O)C21CC1. The normalized spacial score (nSPS) is 25.0. The maximum absolute atomic E-state index is 13.1. The zero-order valence-electron chi connectivity index (χ0n) is 14.3. The third-order valence-corrected chi connectivity index (χ3v) is 5.54. The van der Waals surface area contributed by atoms with Gasteiger partial charge in [0.05, 0.1) is 5.54 Å². The summed E-state index contributed by atoms with van der Waals surface area (Å²) in [7, 11) is 0. The molecular formula is C19H22N2O3. The first-order valence-electron chi connectivity index (χ1n) is 8.56. The Labute approximate surface area is 141 Å². The van der Waals surface area contributed by atoms with Gasteiger partial charge in [-0.25, -0.2) is 0 Å². The molecule has 1 aliphatic carbocycles. The third kappa shape index (κ3) is 2.03. The molecule has 1 saturated carbocycles. The molecule has 1 unspecified atom stereocenters. The lowest BCUT2D eigenvalue weighted by atomic mass is 9.85. The number of rotatable bonds is 1. The molecule has 1 aromatic rings. The van der Waals surface area contributed by atoms with Crippen molar-refractivity contribution >= 4 is 17.7 Å². The van der Waals surface area contributed by atoms with Crippen molar-refractivity contribution in [2.45, 2.75) is 63.5 Å². The second-order valence-electron chi connectivity index (χ2n) is 8.18. The first-order chi connectivity index (χ1) is 11.2. The van der Waals surface area contributed by atoms with Crippen LogP contribution in [0.15, 0.2) is 18.2 Å². The van der Waals surface area contributed by atoms with Gasteiger partial charge in [-0.05, 0) is 41.9 Å². The van der Waals surface area contributed by atoms with Gasteiger partial charge in [0, 0.05) is 12.0 Å². The molecule has 1 N–H and O–H groups in total. The van der Waals surface area contributed by atoms with Crippen molar-refractivity contribution in [1.82, 2.24) is 10.2 Å². The van der Waals surface area contributed by atoms with E-state index in [1.807, 2.05) is 6.07 Å². The molecule has 2 fully saturated rings. The summed E-state index contributed by atoms with van der Waals surface area (Å²) in [6.45, 7) is 6.37. The standard InChI is InChI=1S/C19H22N2O3/c1-18(2,3)11-4-5-13-12(10-11)17(24)21(19(13)8-9-19)14-6-7-15(22)20-16(14)23/h4-5,10,14H,6-9H2,1-3H3,(H,20,22,23). The van der Waals surface area contributed by atoms with Crippen LogP contribution in [0.4, 0.5) is 0 Å². The fourth-order valence-corrected chi connectivity index (χ4v) is 4.04. The zero-order valence-corrected chi connectivity index (χ0v) is 14.3. The van der Waals surface area contributed by atoms with E-state index >= 15 is 0 Å². The number of amides is 3. The average Bonchev–Trinajstić information content (AvgIpc) is 3.25. The first-order valence-corrected chi connectivity index (χ1v) is 8.56. The van der Waals surface area contributed by atoms with Crippen LogP contribution in [0.3, 0.4) is 0 Å². The predicted molar refractivity (Wildman–Crippen MR) is 88.4 cm³/mol. The van der Waals surface area contributed by atoms with Crippen molar-refractivity contribution in [2.24, 2.45) is 0 Å². The number of carbonyl (C=O) groups is 3. The molecule has 1 saturated heterocycles. The summed E-state index contributed by atoms with van der Waals surface area (Å²) < 4.78 is 0. The van der Waals surface area contributed by atoms with Gasteiger partial charge in [0.1, 0.15) is 6.04 Å². The van der Waals surface area contributed by atoms with Crippen LogP contribution < -0.4 is 5.32 Å². The van der Waals surface area contributed by atoms with E-state index in [0.717, 1.165) is 29.5 Å². The smallest absolute Gasteiger partial charge is 0.255 e. The first kappa shape index (κ1) is 15.4. The highest BCUT2D eigenvalue weighted by Gasteiger charge is 2.61. The minimum absolute atomic E-state index is 0.0337. The summed E-state index contributed by atoms with van der Waals surface area (Å²) in [5.41, 5.74) is 2.53. The molecule has 5 heteroatoms. The van der Waals surface area contributed by atoms with Gasteiger partial charge < -0.3 is 4.90 Å². The molecule has 1 spiro atoms. The van der Waals surface area contributed by atoms with Crippen molar-refractivity contribution in [3.63, 3.8) is 0 Å². The van der Waals surface area contributed by atoms with Crippen LogP contribution in [0.5, 0.6) is 0 Å². The summed E-state index contributed by atoms with van der Waals surface area (Å²) in [6.07, 6.45) is 2.48. The maximum Gasteiger partial charge on any atom is 0.255 e. The maximum atomic E-state index is 13.1. The number of hydrogen-bond acceptors (Lipinski definition) is 3. The van der Waals surface area contributed by atoms with Crippen molar-refractivity contribution in [1.29, 1.82) is 0 Å². The Bertz CT molecular complexity index is 771. The van der Waals surface area contributed by atoms with Crippen LogP contribution in [0.25, 0.3) is 0 Å². The van der Waals surface area contributed by atoms with Crippen LogP contribution in [0, 0.1) is 0 Å². The Morgan fingerprint density at radius 3 is 2.46 bits per heavy atom. The molecule has 2 aliphatic heterocycles. The lowest BCUT2D eigenvalue weighted by Crippen LogP contribution is -2.55. The van der Waals surface area contributed by atoms with Gasteiger partial charge in [0.25, 0.3) is 5.91 Å². The molecule has 4 rings (SSSR count). The van der Waals surface area contributed by atoms with E-state index < -0.39 is 6.04 Å². The highest BCUT2D eigenvalue weighted by atomic mass is 16.2. The summed E-state index contributed by atoms with van der Waals surface area (Å²) in [6, 6.07) is 5.61. The summed E-state index contributed by atoms with van der Waals surface area (Å²) in [5.74, 6) is -0.655. The molecule has 1 aromatic carbocycles. The van der Waals surface area contributed by atoms with Gasteiger partial charge in [-0.2, -0.15) is 0 Å². The summed E-state index contributed by atoms with van der Waals surface area (Å²) >= 11 is 0. The molecule has 2 heterocycles. The van der Waals surface area contributed by atoms with E-state index in [2.05, 4.69) is 38.2 Å². The largest absolute Gasteiger partial charge is 0.317 e. The Kier molecular flexibility index (Phi) is 3.00. The van der Waals surface area contributed by atoms with Gasteiger partial charge in [0.15, 0.2) is 0 Å². The lowest BCUT2D eigenvalue weighted by Gasteiger charge is -2.34. The molecule has 126 valence electrons. The van der Waals surface area contributed by atoms with Gasteiger partial charge in [-0.15, -0.1) is 0 Å². The molecule has 1 atom stereocenters. The number of nitrogens with zero attached hydrogens (tertiary/aromatic N) is 1. The van der Waals surface area contributed by atoms with Crippen molar-refractivity contribution in [2.75, 3.05) is 0 Å². The third-order valence-electron chi connectivity index (χ3n) is 5.54. The van der Waals surface area contributed by atoms with Crippen LogP contribution in [0.2, 0.25) is 0 Å². The zero-order chi connectivity index (χ0) is 17.3. The second-order valence-corrected chi connectivity index (χ2v) is 8.18. The minimum atomic E-state index is -0.539. The molecule has 3 amide bonds. The number of carbonyl (C=O) groups excluding carboxylic acids is 3. The fourth-order valence-electron chi connectivity index (χ4n) is 4.04. The Morgan fingerprint density at radius 2 is 1.88 bits per heavy atom. The summed E-state index contributed by atoms with van der Waals surface area (Å²) in [4.78, 5) is 38.6. The number of fused-ring (bicyclic) bond motifs is 2. The van der Waals surface area contributed by atoms with Crippen molar-refractivity contribution in [3.8, 4) is 0 Å². The molecule has 24 heavy (non-hydrogen) atoms. The van der Waals surface area contributed by atoms with Crippen molar-refractivity contribution in [3.05, 3.63) is 34.9 Å². The number of hydrogen-bond donors (Lipinski definition) is 1. The van der Waals surface area contributed by atoms with E-state index in [9.17, 15) is 14.4 Å². The number of benzene rings is 1. The molecule has 0 radical (unpaired) electrons. The van der Waals surface area contributed by atoms with Crippen LogP contribution in [-0.4, -0.2) is 28.7 Å². The molecule has 3 aliphatic rings. The van der Waals surface area contributed by atoms with E-state index in [4.69, 9.17) is 0 Å². The van der Waals surface area contributed by atoms with E-state index in [1.54, 1.807) is 4.90 Å².